The van der Waals surface area contributed by atoms with Crippen molar-refractivity contribution in [3.8, 4) is 23.3 Å². The highest BCUT2D eigenvalue weighted by Gasteiger charge is 2.29. The van der Waals surface area contributed by atoms with Gasteiger partial charge in [-0.3, -0.25) is 14.7 Å². The van der Waals surface area contributed by atoms with Gasteiger partial charge in [0.05, 0.1) is 31.8 Å². The smallest absolute Gasteiger partial charge is 0.303 e. The van der Waals surface area contributed by atoms with Crippen LogP contribution >= 0.6 is 0 Å². The molecule has 1 aliphatic heterocycles. The lowest BCUT2D eigenvalue weighted by Crippen LogP contribution is -2.41. The Morgan fingerprint density at radius 3 is 2.78 bits per heavy atom. The Morgan fingerprint density at radius 1 is 1.11 bits per heavy atom. The number of piperidine rings is 1. The van der Waals surface area contributed by atoms with Crippen LogP contribution in [0.5, 0.6) is 11.5 Å². The van der Waals surface area contributed by atoms with Gasteiger partial charge in [-0.1, -0.05) is 24.0 Å². The van der Waals surface area contributed by atoms with E-state index in [1.54, 1.807) is 14.2 Å². The van der Waals surface area contributed by atoms with Gasteiger partial charge in [-0.2, -0.15) is 0 Å². The predicted molar refractivity (Wildman–Crippen MR) is 146 cm³/mol. The number of likely N-dealkylation sites (tertiary alicyclic amines) is 1. The fourth-order valence-corrected chi connectivity index (χ4v) is 5.39. The number of hydrogen-bond donors (Lipinski definition) is 1. The number of pyridine rings is 1. The molecule has 0 amide bonds. The van der Waals surface area contributed by atoms with E-state index in [2.05, 4.69) is 33.9 Å². The molecule has 0 bridgehead atoms. The molecule has 1 fully saturated rings. The maximum atomic E-state index is 11.3. The maximum Gasteiger partial charge on any atom is 0.303 e. The maximum absolute atomic E-state index is 11.3. The molecule has 6 nitrogen and oxygen atoms in total. The fourth-order valence-electron chi connectivity index (χ4n) is 5.39. The molecule has 2 atom stereocenters. The van der Waals surface area contributed by atoms with Crippen LogP contribution in [0.1, 0.15) is 43.2 Å². The summed E-state index contributed by atoms with van der Waals surface area (Å²) < 4.78 is 10.8. The highest BCUT2D eigenvalue weighted by Crippen LogP contribution is 2.32. The van der Waals surface area contributed by atoms with E-state index in [1.807, 2.05) is 42.6 Å². The monoisotopic (exact) mass is 500 g/mol. The first-order chi connectivity index (χ1) is 18.1. The third-order valence-electron chi connectivity index (χ3n) is 7.40. The molecule has 0 radical (unpaired) electrons. The Labute approximate surface area is 219 Å². The molecule has 1 N–H and O–H groups in total. The van der Waals surface area contributed by atoms with E-state index < -0.39 is 5.97 Å². The summed E-state index contributed by atoms with van der Waals surface area (Å²) in [6.45, 7) is 2.57. The summed E-state index contributed by atoms with van der Waals surface area (Å²) in [5.74, 6) is 8.35. The molecule has 0 aliphatic carbocycles. The number of methoxy groups -OCH3 is 2. The molecule has 6 heteroatoms. The Balaban J connectivity index is 1.36. The summed E-state index contributed by atoms with van der Waals surface area (Å²) in [7, 11) is 3.34. The molecule has 2 aromatic carbocycles. The van der Waals surface area contributed by atoms with Crippen LogP contribution in [-0.2, 0) is 11.2 Å². The normalized spacial score (nSPS) is 17.7. The second-order valence-electron chi connectivity index (χ2n) is 9.72. The van der Waals surface area contributed by atoms with Crippen LogP contribution in [-0.4, -0.2) is 54.8 Å². The first-order valence-corrected chi connectivity index (χ1v) is 13.0. The van der Waals surface area contributed by atoms with Gasteiger partial charge in [-0.15, -0.1) is 0 Å². The Bertz CT molecular complexity index is 1260. The summed E-state index contributed by atoms with van der Waals surface area (Å²) in [6, 6.07) is 15.9. The van der Waals surface area contributed by atoms with E-state index in [-0.39, 0.29) is 6.42 Å². The van der Waals surface area contributed by atoms with E-state index in [0.29, 0.717) is 24.8 Å². The molecular weight excluding hydrogens is 464 g/mol. The van der Waals surface area contributed by atoms with Crippen molar-refractivity contribution in [1.29, 1.82) is 0 Å². The van der Waals surface area contributed by atoms with Gasteiger partial charge < -0.3 is 14.6 Å². The minimum Gasteiger partial charge on any atom is -0.497 e. The third-order valence-corrected chi connectivity index (χ3v) is 7.40. The van der Waals surface area contributed by atoms with Crippen molar-refractivity contribution in [2.24, 2.45) is 11.8 Å². The van der Waals surface area contributed by atoms with E-state index in [4.69, 9.17) is 9.47 Å². The zero-order chi connectivity index (χ0) is 26.0. The molecule has 0 saturated carbocycles. The predicted octanol–water partition coefficient (Wildman–Crippen LogP) is 5.43. The van der Waals surface area contributed by atoms with Crippen LogP contribution in [0.4, 0.5) is 0 Å². The van der Waals surface area contributed by atoms with Gasteiger partial charge in [0, 0.05) is 24.5 Å². The second-order valence-corrected chi connectivity index (χ2v) is 9.72. The summed E-state index contributed by atoms with van der Waals surface area (Å²) in [6.07, 6.45) is 7.03. The van der Waals surface area contributed by atoms with Crippen LogP contribution in [0.3, 0.4) is 0 Å². The van der Waals surface area contributed by atoms with Crippen LogP contribution in [0, 0.1) is 23.7 Å². The summed E-state index contributed by atoms with van der Waals surface area (Å²) in [5, 5.41) is 10.5. The zero-order valence-corrected chi connectivity index (χ0v) is 21.8. The molecule has 2 heterocycles. The van der Waals surface area contributed by atoms with Gasteiger partial charge in [-0.25, -0.2) is 0 Å². The topological polar surface area (TPSA) is 71.9 Å². The lowest BCUT2D eigenvalue weighted by molar-refractivity contribution is -0.137. The van der Waals surface area contributed by atoms with Crippen LogP contribution in [0.25, 0.3) is 10.9 Å². The summed E-state index contributed by atoms with van der Waals surface area (Å²) in [4.78, 5) is 18.2. The standard InChI is InChI=1S/C31H36N2O4/c1-36-27-13-14-29-28(21-27)24(16-18-32-29)9-5-8-23-17-20-33(22-26(23)12-15-31(34)35)19-6-10-25-7-3-4-11-30(25)37-2/h3-4,7,11,13-14,16,18,21,23,26H,5,8-9,12,15,17,19-20,22H2,1-2H3,(H,34,35). The molecule has 4 rings (SSSR count). The Morgan fingerprint density at radius 2 is 1.97 bits per heavy atom. The average Bonchev–Trinajstić information content (AvgIpc) is 2.92. The van der Waals surface area contributed by atoms with Gasteiger partial charge >= 0.3 is 5.97 Å². The number of carbonyl (C=O) groups is 1. The lowest BCUT2D eigenvalue weighted by Gasteiger charge is -2.38. The van der Waals surface area contributed by atoms with Crippen molar-refractivity contribution < 1.29 is 19.4 Å². The van der Waals surface area contributed by atoms with Crippen molar-refractivity contribution >= 4 is 16.9 Å². The van der Waals surface area contributed by atoms with E-state index >= 15 is 0 Å². The molecule has 1 aliphatic rings. The van der Waals surface area contributed by atoms with Gasteiger partial charge in [0.25, 0.3) is 0 Å². The number of fused-ring (bicyclic) bond motifs is 1. The van der Waals surface area contributed by atoms with Crippen LogP contribution < -0.4 is 9.47 Å². The molecule has 0 spiro atoms. The number of carboxylic acids is 1. The summed E-state index contributed by atoms with van der Waals surface area (Å²) in [5.41, 5.74) is 3.17. The molecule has 194 valence electrons. The average molecular weight is 501 g/mol. The molecule has 3 aromatic rings. The number of rotatable bonds is 10. The third kappa shape index (κ3) is 7.24. The number of nitrogens with zero attached hydrogens (tertiary/aromatic N) is 2. The Kier molecular flexibility index (Phi) is 9.40. The minimum absolute atomic E-state index is 0.219. The molecule has 1 saturated heterocycles. The number of aliphatic carboxylic acids is 1. The van der Waals surface area contributed by atoms with E-state index in [1.165, 1.54) is 5.56 Å². The fraction of sp³-hybridized carbons (Fsp3) is 0.419. The van der Waals surface area contributed by atoms with Crippen LogP contribution in [0.15, 0.2) is 54.7 Å². The number of benzene rings is 2. The highest BCUT2D eigenvalue weighted by molar-refractivity contribution is 5.83. The number of aromatic nitrogens is 1. The first kappa shape index (κ1) is 26.5. The summed E-state index contributed by atoms with van der Waals surface area (Å²) >= 11 is 0. The SMILES string of the molecule is COc1ccc2nccc(CCCC3CCN(CC#Cc4ccccc4OC)CC3CCC(=O)O)c2c1. The van der Waals surface area contributed by atoms with Gasteiger partial charge in [0.1, 0.15) is 11.5 Å². The largest absolute Gasteiger partial charge is 0.497 e. The Hall–Kier alpha value is -3.56. The van der Waals surface area contributed by atoms with Gasteiger partial charge in [-0.05, 0) is 92.4 Å². The van der Waals surface area contributed by atoms with Crippen molar-refractivity contribution in [2.75, 3.05) is 33.9 Å². The van der Waals surface area contributed by atoms with Crippen molar-refractivity contribution in [2.45, 2.75) is 38.5 Å². The highest BCUT2D eigenvalue weighted by atomic mass is 16.5. The van der Waals surface area contributed by atoms with E-state index in [9.17, 15) is 9.90 Å². The second kappa shape index (κ2) is 13.1. The lowest BCUT2D eigenvalue weighted by atomic mass is 9.79. The molecular formula is C31H36N2O4. The van der Waals surface area contributed by atoms with Crippen molar-refractivity contribution in [3.63, 3.8) is 0 Å². The molecule has 37 heavy (non-hydrogen) atoms. The number of aryl methyl sites for hydroxylation is 1. The van der Waals surface area contributed by atoms with Gasteiger partial charge in [0.2, 0.25) is 0 Å². The number of ether oxygens (including phenoxy) is 2. The van der Waals surface area contributed by atoms with Gasteiger partial charge in [0.15, 0.2) is 0 Å². The number of para-hydroxylation sites is 1. The van der Waals surface area contributed by atoms with E-state index in [0.717, 1.165) is 66.7 Å². The minimum atomic E-state index is -0.718. The first-order valence-electron chi connectivity index (χ1n) is 13.0. The van der Waals surface area contributed by atoms with Crippen molar-refractivity contribution in [3.05, 3.63) is 65.9 Å². The quantitative estimate of drug-likeness (QED) is 0.374. The van der Waals surface area contributed by atoms with Crippen LogP contribution in [0.2, 0.25) is 0 Å². The zero-order valence-electron chi connectivity index (χ0n) is 21.8. The molecule has 2 unspecified atom stereocenters. The number of carboxylic acid groups (broad SMARTS) is 1. The number of hydrogen-bond acceptors (Lipinski definition) is 5. The van der Waals surface area contributed by atoms with Crippen molar-refractivity contribution in [1.82, 2.24) is 9.88 Å². The molecule has 1 aromatic heterocycles.